The molecule has 0 aliphatic carbocycles. The van der Waals surface area contributed by atoms with Crippen molar-refractivity contribution in [3.05, 3.63) is 70.7 Å². The molecule has 0 saturated carbocycles. The fraction of sp³-hybridized carbons (Fsp3) is 0.263. The number of hydrogen-bond acceptors (Lipinski definition) is 6. The number of rotatable bonds is 7. The number of nitrogens with zero attached hydrogens (tertiary/aromatic N) is 2. The topological polar surface area (TPSA) is 124 Å². The molecule has 1 aromatic heterocycles. The van der Waals surface area contributed by atoms with Crippen molar-refractivity contribution >= 4 is 21.7 Å². The van der Waals surface area contributed by atoms with Crippen LogP contribution in [0.2, 0.25) is 0 Å². The third-order valence-corrected chi connectivity index (χ3v) is 4.75. The molecule has 2 rings (SSSR count). The van der Waals surface area contributed by atoms with Gasteiger partial charge in [0.05, 0.1) is 17.5 Å². The Hall–Kier alpha value is -3.01. The first-order valence-electron chi connectivity index (χ1n) is 8.74. The van der Waals surface area contributed by atoms with Crippen molar-refractivity contribution in [2.24, 2.45) is 11.5 Å². The summed E-state index contributed by atoms with van der Waals surface area (Å²) < 4.78 is 52.9. The highest BCUT2D eigenvalue weighted by atomic mass is 32.2. The molecule has 29 heavy (non-hydrogen) atoms. The summed E-state index contributed by atoms with van der Waals surface area (Å²) in [6.07, 6.45) is 4.28. The zero-order valence-corrected chi connectivity index (χ0v) is 17.1. The van der Waals surface area contributed by atoms with Crippen LogP contribution in [0.25, 0.3) is 5.70 Å². The van der Waals surface area contributed by atoms with E-state index >= 15 is 0 Å². The summed E-state index contributed by atoms with van der Waals surface area (Å²) in [7, 11) is -3.53. The Bertz CT molecular complexity index is 1050. The Morgan fingerprint density at radius 1 is 1.24 bits per heavy atom. The molecule has 0 bridgehead atoms. The maximum absolute atomic E-state index is 14.0. The Labute approximate surface area is 168 Å². The number of allylic oxidation sites excluding steroid dienone is 3. The van der Waals surface area contributed by atoms with E-state index in [2.05, 4.69) is 14.7 Å². The highest BCUT2D eigenvalue weighted by molar-refractivity contribution is 7.91. The minimum Gasteiger partial charge on any atom is -0.401 e. The molecule has 0 radical (unpaired) electrons. The summed E-state index contributed by atoms with van der Waals surface area (Å²) >= 11 is 0. The normalized spacial score (nSPS) is 14.3. The molecule has 0 aliphatic heterocycles. The van der Waals surface area contributed by atoms with E-state index in [0.717, 1.165) is 18.4 Å². The molecule has 1 atom stereocenters. The van der Waals surface area contributed by atoms with Crippen LogP contribution in [0, 0.1) is 11.6 Å². The van der Waals surface area contributed by atoms with Crippen molar-refractivity contribution in [1.29, 1.82) is 0 Å². The summed E-state index contributed by atoms with van der Waals surface area (Å²) in [5.74, 6) is -2.05. The van der Waals surface area contributed by atoms with Crippen molar-refractivity contribution in [2.75, 3.05) is 11.0 Å². The lowest BCUT2D eigenvalue weighted by Gasteiger charge is -2.16. The molecule has 0 amide bonds. The molecule has 7 nitrogen and oxygen atoms in total. The van der Waals surface area contributed by atoms with Crippen LogP contribution in [-0.4, -0.2) is 24.6 Å². The number of halogens is 2. The Balaban J connectivity index is 2.43. The van der Waals surface area contributed by atoms with Crippen LogP contribution in [0.15, 0.2) is 47.8 Å². The van der Waals surface area contributed by atoms with E-state index in [-0.39, 0.29) is 17.2 Å². The van der Waals surface area contributed by atoms with E-state index in [4.69, 9.17) is 11.5 Å². The first-order chi connectivity index (χ1) is 13.5. The average molecular weight is 423 g/mol. The van der Waals surface area contributed by atoms with E-state index in [9.17, 15) is 17.2 Å². The predicted octanol–water partition coefficient (Wildman–Crippen LogP) is 2.85. The molecule has 0 fully saturated rings. The highest BCUT2D eigenvalue weighted by Crippen LogP contribution is 2.26. The second-order valence-electron chi connectivity index (χ2n) is 6.43. The number of aromatic nitrogens is 2. The largest absolute Gasteiger partial charge is 0.401 e. The van der Waals surface area contributed by atoms with Crippen molar-refractivity contribution in [2.45, 2.75) is 26.2 Å². The van der Waals surface area contributed by atoms with Crippen LogP contribution >= 0.6 is 0 Å². The van der Waals surface area contributed by atoms with Gasteiger partial charge in [0, 0.05) is 23.5 Å². The van der Waals surface area contributed by atoms with Crippen LogP contribution in [0.5, 0.6) is 0 Å². The summed E-state index contributed by atoms with van der Waals surface area (Å²) in [5, 5.41) is 0. The molecule has 5 N–H and O–H groups in total. The van der Waals surface area contributed by atoms with Gasteiger partial charge in [0.15, 0.2) is 0 Å². The molecule has 1 heterocycles. The first kappa shape index (κ1) is 22.3. The molecule has 156 valence electrons. The fourth-order valence-corrected chi connectivity index (χ4v) is 3.12. The third kappa shape index (κ3) is 5.74. The van der Waals surface area contributed by atoms with Crippen molar-refractivity contribution < 1.29 is 17.2 Å². The Morgan fingerprint density at radius 2 is 1.86 bits per heavy atom. The molecule has 0 aliphatic rings. The lowest BCUT2D eigenvalue weighted by atomic mass is 9.96. The molecule has 1 aromatic carbocycles. The maximum Gasteiger partial charge on any atom is 0.236 e. The SMILES string of the molecule is CCC(/C=C(\N)c1c(F)cccc1F)=C(/N)C(C)c1ccnc(NS(C)(=O)=O)n1. The van der Waals surface area contributed by atoms with Crippen LogP contribution in [0.3, 0.4) is 0 Å². The molecule has 0 saturated heterocycles. The summed E-state index contributed by atoms with van der Waals surface area (Å²) in [6, 6.07) is 5.10. The summed E-state index contributed by atoms with van der Waals surface area (Å²) in [4.78, 5) is 8.04. The molecule has 2 aromatic rings. The number of benzene rings is 1. The van der Waals surface area contributed by atoms with Gasteiger partial charge in [-0.3, -0.25) is 4.72 Å². The predicted molar refractivity (Wildman–Crippen MR) is 109 cm³/mol. The van der Waals surface area contributed by atoms with Crippen molar-refractivity contribution in [3.63, 3.8) is 0 Å². The number of anilines is 1. The smallest absolute Gasteiger partial charge is 0.236 e. The van der Waals surface area contributed by atoms with Gasteiger partial charge in [-0.05, 0) is 36.3 Å². The second-order valence-corrected chi connectivity index (χ2v) is 8.18. The minimum atomic E-state index is -3.53. The van der Waals surface area contributed by atoms with E-state index in [1.807, 2.05) is 6.92 Å². The van der Waals surface area contributed by atoms with Crippen LogP contribution in [0.1, 0.15) is 37.4 Å². The number of nitrogens with one attached hydrogen (secondary N) is 1. The number of sulfonamides is 1. The minimum absolute atomic E-state index is 0.0776. The summed E-state index contributed by atoms with van der Waals surface area (Å²) in [5.41, 5.74) is 13.2. The van der Waals surface area contributed by atoms with Crippen molar-refractivity contribution in [1.82, 2.24) is 9.97 Å². The molecule has 1 unspecified atom stereocenters. The molecule has 10 heteroatoms. The lowest BCUT2D eigenvalue weighted by Crippen LogP contribution is -2.16. The zero-order chi connectivity index (χ0) is 21.8. The quantitative estimate of drug-likeness (QED) is 0.588. The van der Waals surface area contributed by atoms with E-state index in [1.165, 1.54) is 18.3 Å². The molecular weight excluding hydrogens is 400 g/mol. The Morgan fingerprint density at radius 3 is 2.41 bits per heavy atom. The van der Waals surface area contributed by atoms with Crippen molar-refractivity contribution in [3.8, 4) is 0 Å². The van der Waals surface area contributed by atoms with Gasteiger partial charge in [-0.15, -0.1) is 0 Å². The summed E-state index contributed by atoms with van der Waals surface area (Å²) in [6.45, 7) is 3.60. The molecule has 0 spiro atoms. The lowest BCUT2D eigenvalue weighted by molar-refractivity contribution is 0.576. The fourth-order valence-electron chi connectivity index (χ4n) is 2.69. The average Bonchev–Trinajstić information content (AvgIpc) is 2.63. The van der Waals surface area contributed by atoms with E-state index in [1.54, 1.807) is 13.0 Å². The van der Waals surface area contributed by atoms with Gasteiger partial charge >= 0.3 is 0 Å². The van der Waals surface area contributed by atoms with Gasteiger partial charge in [-0.1, -0.05) is 19.9 Å². The zero-order valence-electron chi connectivity index (χ0n) is 16.3. The monoisotopic (exact) mass is 423 g/mol. The van der Waals surface area contributed by atoms with Gasteiger partial charge in [0.1, 0.15) is 11.6 Å². The van der Waals surface area contributed by atoms with Crippen LogP contribution in [0.4, 0.5) is 14.7 Å². The number of hydrogen-bond donors (Lipinski definition) is 3. The third-order valence-electron chi connectivity index (χ3n) is 4.20. The van der Waals surface area contributed by atoms with Crippen LogP contribution in [-0.2, 0) is 10.0 Å². The highest BCUT2D eigenvalue weighted by Gasteiger charge is 2.17. The maximum atomic E-state index is 14.0. The molecular formula is C19H23F2N5O2S. The van der Waals surface area contributed by atoms with E-state index in [0.29, 0.717) is 23.4 Å². The second kappa shape index (κ2) is 8.99. The van der Waals surface area contributed by atoms with Gasteiger partial charge in [0.25, 0.3) is 0 Å². The van der Waals surface area contributed by atoms with Crippen LogP contribution < -0.4 is 16.2 Å². The van der Waals surface area contributed by atoms with E-state index < -0.39 is 27.6 Å². The van der Waals surface area contributed by atoms with Gasteiger partial charge in [0.2, 0.25) is 16.0 Å². The Kier molecular flexibility index (Phi) is 6.91. The van der Waals surface area contributed by atoms with Gasteiger partial charge < -0.3 is 11.5 Å². The first-order valence-corrected chi connectivity index (χ1v) is 10.6. The number of nitrogens with two attached hydrogens (primary N) is 2. The van der Waals surface area contributed by atoms with Gasteiger partial charge in [-0.2, -0.15) is 0 Å². The standard InChI is InChI=1S/C19H23F2N5O2S/c1-4-12(10-15(22)17-13(20)6-5-7-14(17)21)18(23)11(2)16-8-9-24-19(25-16)26-29(3,27)28/h5-11H,4,22-23H2,1-3H3,(H,24,25,26)/b15-10-,18-12-. The van der Waals surface area contributed by atoms with Gasteiger partial charge in [-0.25, -0.2) is 27.2 Å².